The largest absolute Gasteiger partial charge is 0.303 e. The Balaban J connectivity index is 1.53. The number of likely N-dealkylation sites (N-methyl/N-ethyl adjacent to an activating group) is 1. The number of hydrogen-bond acceptors (Lipinski definition) is 5. The summed E-state index contributed by atoms with van der Waals surface area (Å²) in [5.41, 5.74) is 6.61. The zero-order valence-corrected chi connectivity index (χ0v) is 13.3. The number of piperidine rings is 3. The molecule has 2 atom stereocenters. The molecular formula is C17H21FN4O. The van der Waals surface area contributed by atoms with Gasteiger partial charge < -0.3 is 10.3 Å². The Labute approximate surface area is 135 Å². The molecule has 5 nitrogen and oxygen atoms in total. The molecule has 6 heteroatoms. The number of halogens is 1. The van der Waals surface area contributed by atoms with Crippen molar-refractivity contribution in [3.05, 3.63) is 34.9 Å². The van der Waals surface area contributed by atoms with Gasteiger partial charge in [0.25, 0.3) is 0 Å². The van der Waals surface area contributed by atoms with Gasteiger partial charge in [0.2, 0.25) is 0 Å². The molecule has 0 spiro atoms. The van der Waals surface area contributed by atoms with Crippen LogP contribution in [-0.2, 0) is 4.79 Å². The number of rotatable bonds is 1. The van der Waals surface area contributed by atoms with Crippen molar-refractivity contribution in [2.75, 3.05) is 26.7 Å². The minimum atomic E-state index is -0.0140. The number of allylic oxidation sites excluding steroid dienone is 2. The normalized spacial score (nSPS) is 38.4. The number of Topliss-reactive ketones (excluding diaryl/α,β-unsaturated/α-hetero) is 1. The number of nitrogens with one attached hydrogen (secondary N) is 1. The predicted octanol–water partition coefficient (Wildman–Crippen LogP) is 1.55. The van der Waals surface area contributed by atoms with Crippen LogP contribution in [0.25, 0.3) is 0 Å². The maximum absolute atomic E-state index is 13.9. The highest BCUT2D eigenvalue weighted by Gasteiger charge is 2.47. The fraction of sp³-hybridized carbons (Fsp3) is 0.588. The predicted molar refractivity (Wildman–Crippen MR) is 82.8 cm³/mol. The van der Waals surface area contributed by atoms with Crippen LogP contribution in [-0.4, -0.2) is 47.5 Å². The van der Waals surface area contributed by atoms with Crippen molar-refractivity contribution < 1.29 is 9.28 Å². The van der Waals surface area contributed by atoms with Crippen molar-refractivity contribution >= 4 is 5.78 Å². The quantitative estimate of drug-likeness (QED) is 0.743. The van der Waals surface area contributed by atoms with Crippen molar-refractivity contribution in [2.24, 2.45) is 17.8 Å². The van der Waals surface area contributed by atoms with Crippen LogP contribution in [0, 0.1) is 17.8 Å². The summed E-state index contributed by atoms with van der Waals surface area (Å²) in [7, 11) is 1.87. The van der Waals surface area contributed by atoms with Gasteiger partial charge in [-0.25, -0.2) is 0 Å². The number of hydrogen-bond donors (Lipinski definition) is 1. The van der Waals surface area contributed by atoms with Crippen molar-refractivity contribution in [3.8, 4) is 0 Å². The zero-order chi connectivity index (χ0) is 15.7. The molecule has 122 valence electrons. The number of hydrazine groups is 1. The van der Waals surface area contributed by atoms with Crippen LogP contribution in [0.3, 0.4) is 0 Å². The van der Waals surface area contributed by atoms with E-state index in [0.717, 1.165) is 29.9 Å². The van der Waals surface area contributed by atoms with Crippen LogP contribution in [0.5, 0.6) is 0 Å². The van der Waals surface area contributed by atoms with Gasteiger partial charge in [-0.05, 0) is 37.8 Å². The molecule has 1 unspecified atom stereocenters. The fourth-order valence-electron chi connectivity index (χ4n) is 5.09. The van der Waals surface area contributed by atoms with E-state index in [4.69, 9.17) is 0 Å². The summed E-state index contributed by atoms with van der Waals surface area (Å²) in [6.07, 6.45) is 5.95. The molecule has 0 saturated carbocycles. The highest BCUT2D eigenvalue weighted by molar-refractivity contribution is 6.04. The first-order chi connectivity index (χ1) is 11.1. The molecule has 1 N–H and O–H groups in total. The van der Waals surface area contributed by atoms with Crippen LogP contribution in [0.1, 0.15) is 19.3 Å². The third-order valence-electron chi connectivity index (χ3n) is 6.24. The molecule has 1 aliphatic carbocycles. The van der Waals surface area contributed by atoms with Gasteiger partial charge in [0, 0.05) is 49.0 Å². The third kappa shape index (κ3) is 1.84. The molecule has 5 aliphatic heterocycles. The van der Waals surface area contributed by atoms with Gasteiger partial charge in [0.05, 0.1) is 11.9 Å². The fourth-order valence-corrected chi connectivity index (χ4v) is 5.09. The van der Waals surface area contributed by atoms with Crippen molar-refractivity contribution in [1.29, 1.82) is 0 Å². The summed E-state index contributed by atoms with van der Waals surface area (Å²) < 4.78 is 13.9. The lowest BCUT2D eigenvalue weighted by molar-refractivity contribution is -0.124. The van der Waals surface area contributed by atoms with Crippen molar-refractivity contribution in [1.82, 2.24) is 20.5 Å². The first-order valence-electron chi connectivity index (χ1n) is 8.50. The van der Waals surface area contributed by atoms with Crippen LogP contribution in [0.15, 0.2) is 34.9 Å². The Morgan fingerprint density at radius 2 is 2.04 bits per heavy atom. The smallest absolute Gasteiger partial charge is 0.168 e. The lowest BCUT2D eigenvalue weighted by atomic mass is 9.66. The first-order valence-corrected chi connectivity index (χ1v) is 8.50. The highest BCUT2D eigenvalue weighted by atomic mass is 19.2. The standard InChI is InChI=1S/C17H21FN4O/c1-20-15-9-22(18)8-13-16(15)14(19-20)6-11(17(13)23)12-7-21-4-2-10(12)3-5-21/h8-12,19H,2-7H2,1H3/t11-,12?/m1/s1. The summed E-state index contributed by atoms with van der Waals surface area (Å²) in [6, 6.07) is 0. The second kappa shape index (κ2) is 4.60. The molecule has 23 heavy (non-hydrogen) atoms. The number of nitrogens with zero attached hydrogens (tertiary/aromatic N) is 3. The van der Waals surface area contributed by atoms with Crippen LogP contribution in [0.2, 0.25) is 0 Å². The van der Waals surface area contributed by atoms with Crippen LogP contribution in [0.4, 0.5) is 4.48 Å². The Morgan fingerprint density at radius 3 is 2.74 bits per heavy atom. The van der Waals surface area contributed by atoms with E-state index < -0.39 is 0 Å². The molecular weight excluding hydrogens is 295 g/mol. The second-order valence-corrected chi connectivity index (χ2v) is 7.40. The van der Waals surface area contributed by atoms with Gasteiger partial charge >= 0.3 is 0 Å². The van der Waals surface area contributed by atoms with E-state index in [2.05, 4.69) is 10.3 Å². The minimum Gasteiger partial charge on any atom is -0.303 e. The van der Waals surface area contributed by atoms with Crippen molar-refractivity contribution in [3.63, 3.8) is 0 Å². The maximum atomic E-state index is 13.9. The van der Waals surface area contributed by atoms with Gasteiger partial charge in [0.15, 0.2) is 5.78 Å². The van der Waals surface area contributed by atoms with E-state index in [1.807, 2.05) is 12.1 Å². The molecule has 2 bridgehead atoms. The monoisotopic (exact) mass is 316 g/mol. The van der Waals surface area contributed by atoms with E-state index in [-0.39, 0.29) is 11.7 Å². The maximum Gasteiger partial charge on any atom is 0.168 e. The summed E-state index contributed by atoms with van der Waals surface area (Å²) in [4.78, 5) is 15.6. The topological polar surface area (TPSA) is 38.8 Å². The molecule has 0 amide bonds. The highest BCUT2D eigenvalue weighted by Crippen LogP contribution is 2.47. The van der Waals surface area contributed by atoms with Gasteiger partial charge in [-0.15, -0.1) is 0 Å². The Morgan fingerprint density at radius 1 is 1.26 bits per heavy atom. The number of ketones is 1. The van der Waals surface area contributed by atoms with E-state index in [1.165, 1.54) is 38.3 Å². The van der Waals surface area contributed by atoms with E-state index in [1.54, 1.807) is 0 Å². The molecule has 0 radical (unpaired) electrons. The first kappa shape index (κ1) is 13.6. The lowest BCUT2D eigenvalue weighted by Gasteiger charge is -2.48. The number of carbonyl (C=O) groups is 1. The SMILES string of the molecule is CN1NC2=C3C(=CN(F)C=C31)C(=O)[C@@H](C1CN3CCC1CC3)C2. The number of fused-ring (bicyclic) bond motifs is 3. The Kier molecular flexibility index (Phi) is 2.72. The summed E-state index contributed by atoms with van der Waals surface area (Å²) >= 11 is 0. The number of carbonyl (C=O) groups excluding carboxylic acids is 1. The molecule has 3 saturated heterocycles. The molecule has 3 fully saturated rings. The van der Waals surface area contributed by atoms with E-state index in [9.17, 15) is 9.28 Å². The van der Waals surface area contributed by atoms with Gasteiger partial charge in [-0.2, -0.15) is 5.12 Å². The summed E-state index contributed by atoms with van der Waals surface area (Å²) in [5.74, 6) is 1.18. The Hall–Kier alpha value is -1.82. The average molecular weight is 316 g/mol. The molecule has 0 aromatic heterocycles. The molecule has 6 aliphatic rings. The third-order valence-corrected chi connectivity index (χ3v) is 6.24. The lowest BCUT2D eigenvalue weighted by Crippen LogP contribution is -2.52. The van der Waals surface area contributed by atoms with Crippen molar-refractivity contribution in [2.45, 2.75) is 19.3 Å². The van der Waals surface area contributed by atoms with Crippen LogP contribution < -0.4 is 5.43 Å². The molecule has 5 heterocycles. The molecule has 0 aromatic rings. The molecule has 0 aromatic carbocycles. The second-order valence-electron chi connectivity index (χ2n) is 7.40. The summed E-state index contributed by atoms with van der Waals surface area (Å²) in [6.45, 7) is 3.37. The van der Waals surface area contributed by atoms with Gasteiger partial charge in [-0.1, -0.05) is 4.48 Å². The minimum absolute atomic E-state index is 0.0140. The zero-order valence-electron chi connectivity index (χ0n) is 13.3. The molecule has 6 rings (SSSR count). The van der Waals surface area contributed by atoms with E-state index in [0.29, 0.717) is 22.5 Å². The van der Waals surface area contributed by atoms with E-state index >= 15 is 0 Å². The van der Waals surface area contributed by atoms with Gasteiger partial charge in [0.1, 0.15) is 0 Å². The Bertz CT molecular complexity index is 674. The average Bonchev–Trinajstić information content (AvgIpc) is 2.88. The van der Waals surface area contributed by atoms with Gasteiger partial charge in [-0.3, -0.25) is 9.80 Å². The van der Waals surface area contributed by atoms with Crippen LogP contribution >= 0.6 is 0 Å². The summed E-state index contributed by atoms with van der Waals surface area (Å²) in [5, 5.41) is 2.34.